The van der Waals surface area contributed by atoms with Gasteiger partial charge in [0.15, 0.2) is 9.84 Å². The van der Waals surface area contributed by atoms with E-state index >= 15 is 0 Å². The molecule has 2 atom stereocenters. The van der Waals surface area contributed by atoms with Gasteiger partial charge in [-0.2, -0.15) is 0 Å². The fraction of sp³-hybridized carbons (Fsp3) is 0.571. The van der Waals surface area contributed by atoms with Crippen LogP contribution in [0.2, 0.25) is 5.02 Å². The van der Waals surface area contributed by atoms with Gasteiger partial charge in [0.2, 0.25) is 0 Å². The van der Waals surface area contributed by atoms with E-state index < -0.39 is 20.9 Å². The highest BCUT2D eigenvalue weighted by molar-refractivity contribution is 7.92. The quantitative estimate of drug-likeness (QED) is 0.687. The summed E-state index contributed by atoms with van der Waals surface area (Å²) in [5.41, 5.74) is 0. The van der Waals surface area contributed by atoms with Crippen LogP contribution in [-0.2, 0) is 9.84 Å². The Morgan fingerprint density at radius 1 is 1.25 bits per heavy atom. The number of rotatable bonds is 3. The predicted octanol–water partition coefficient (Wildman–Crippen LogP) is 3.17. The van der Waals surface area contributed by atoms with Crippen molar-refractivity contribution in [1.29, 1.82) is 0 Å². The molecule has 2 rings (SSSR count). The minimum absolute atomic E-state index is 0.0636. The molecule has 20 heavy (non-hydrogen) atoms. The Hall–Kier alpha value is -0.650. The molecule has 0 spiro atoms. The van der Waals surface area contributed by atoms with E-state index in [4.69, 9.17) is 11.6 Å². The molecule has 6 heteroatoms. The summed E-state index contributed by atoms with van der Waals surface area (Å²) < 4.78 is 38.7. The van der Waals surface area contributed by atoms with Gasteiger partial charge in [-0.25, -0.2) is 12.8 Å². The zero-order valence-corrected chi connectivity index (χ0v) is 13.0. The highest BCUT2D eigenvalue weighted by Gasteiger charge is 2.34. The highest BCUT2D eigenvalue weighted by atomic mass is 35.5. The summed E-state index contributed by atoms with van der Waals surface area (Å²) in [7, 11) is -1.71. The smallest absolute Gasteiger partial charge is 0.182 e. The molecule has 0 saturated heterocycles. The maximum absolute atomic E-state index is 13.2. The average molecular weight is 320 g/mol. The summed E-state index contributed by atoms with van der Waals surface area (Å²) in [4.78, 5) is 0.107. The summed E-state index contributed by atoms with van der Waals surface area (Å²) in [6.07, 6.45) is 4.45. The third kappa shape index (κ3) is 3.15. The molecule has 0 radical (unpaired) electrons. The van der Waals surface area contributed by atoms with Gasteiger partial charge in [0, 0.05) is 6.04 Å². The van der Waals surface area contributed by atoms with Crippen LogP contribution in [0.25, 0.3) is 0 Å². The third-order valence-electron chi connectivity index (χ3n) is 3.94. The second-order valence-electron chi connectivity index (χ2n) is 5.19. The van der Waals surface area contributed by atoms with Crippen LogP contribution in [0, 0.1) is 5.82 Å². The van der Waals surface area contributed by atoms with E-state index in [1.165, 1.54) is 12.1 Å². The molecule has 1 aliphatic rings. The van der Waals surface area contributed by atoms with Gasteiger partial charge >= 0.3 is 0 Å². The topological polar surface area (TPSA) is 46.2 Å². The molecule has 1 aromatic rings. The van der Waals surface area contributed by atoms with Crippen molar-refractivity contribution in [3.63, 3.8) is 0 Å². The van der Waals surface area contributed by atoms with Crippen molar-refractivity contribution < 1.29 is 12.8 Å². The maximum Gasteiger partial charge on any atom is 0.182 e. The molecule has 0 aliphatic heterocycles. The molecule has 0 bridgehead atoms. The van der Waals surface area contributed by atoms with Crippen LogP contribution < -0.4 is 5.32 Å². The Kier molecular flexibility index (Phi) is 5.04. The zero-order chi connectivity index (χ0) is 14.8. The predicted molar refractivity (Wildman–Crippen MR) is 78.3 cm³/mol. The third-order valence-corrected chi connectivity index (χ3v) is 6.50. The van der Waals surface area contributed by atoms with Crippen LogP contribution in [0.5, 0.6) is 0 Å². The first-order valence-corrected chi connectivity index (χ1v) is 8.75. The monoisotopic (exact) mass is 319 g/mol. The largest absolute Gasteiger partial charge is 0.316 e. The van der Waals surface area contributed by atoms with Crippen molar-refractivity contribution in [2.75, 3.05) is 7.05 Å². The van der Waals surface area contributed by atoms with E-state index in [2.05, 4.69) is 5.32 Å². The number of hydrogen-bond acceptors (Lipinski definition) is 3. The normalized spacial score (nSPS) is 24.4. The minimum atomic E-state index is -3.50. The van der Waals surface area contributed by atoms with Gasteiger partial charge < -0.3 is 5.32 Å². The lowest BCUT2D eigenvalue weighted by Gasteiger charge is -2.24. The Morgan fingerprint density at radius 2 is 1.95 bits per heavy atom. The van der Waals surface area contributed by atoms with Gasteiger partial charge in [-0.05, 0) is 38.1 Å². The fourth-order valence-corrected chi connectivity index (χ4v) is 5.12. The minimum Gasteiger partial charge on any atom is -0.316 e. The van der Waals surface area contributed by atoms with Gasteiger partial charge in [-0.15, -0.1) is 0 Å². The number of halogens is 2. The van der Waals surface area contributed by atoms with Gasteiger partial charge in [0.25, 0.3) is 0 Å². The maximum atomic E-state index is 13.2. The van der Waals surface area contributed by atoms with E-state index in [1.54, 1.807) is 7.05 Å². The summed E-state index contributed by atoms with van der Waals surface area (Å²) in [6.45, 7) is 0. The van der Waals surface area contributed by atoms with Crippen molar-refractivity contribution in [3.05, 3.63) is 29.0 Å². The second-order valence-corrected chi connectivity index (χ2v) is 7.77. The molecule has 1 N–H and O–H groups in total. The lowest BCUT2D eigenvalue weighted by Crippen LogP contribution is -2.41. The Morgan fingerprint density at radius 3 is 2.60 bits per heavy atom. The van der Waals surface area contributed by atoms with Crippen molar-refractivity contribution in [2.24, 2.45) is 0 Å². The number of sulfone groups is 1. The Bertz CT molecular complexity index is 577. The van der Waals surface area contributed by atoms with Gasteiger partial charge in [0.05, 0.1) is 15.2 Å². The Balaban J connectivity index is 2.38. The standard InChI is InChI=1S/C14H19ClFNO2S/c1-17-13-5-3-2-4-6-14(13)20(18,19)10-7-8-12(16)11(15)9-10/h7-9,13-14,17H,2-6H2,1H3. The molecule has 1 aliphatic carbocycles. The first-order valence-electron chi connectivity index (χ1n) is 6.83. The number of hydrogen-bond donors (Lipinski definition) is 1. The van der Waals surface area contributed by atoms with Crippen LogP contribution in [0.4, 0.5) is 4.39 Å². The van der Waals surface area contributed by atoms with E-state index in [0.29, 0.717) is 6.42 Å². The average Bonchev–Trinajstić information content (AvgIpc) is 2.67. The van der Waals surface area contributed by atoms with Gasteiger partial charge in [-0.3, -0.25) is 0 Å². The van der Waals surface area contributed by atoms with Crippen LogP contribution in [0.1, 0.15) is 32.1 Å². The second kappa shape index (κ2) is 6.41. The molecule has 2 unspecified atom stereocenters. The fourth-order valence-electron chi connectivity index (χ4n) is 2.80. The van der Waals surface area contributed by atoms with Crippen LogP contribution >= 0.6 is 11.6 Å². The first kappa shape index (κ1) is 15.7. The molecular weight excluding hydrogens is 301 g/mol. The van der Waals surface area contributed by atoms with E-state index in [0.717, 1.165) is 31.7 Å². The molecule has 0 heterocycles. The van der Waals surface area contributed by atoms with E-state index in [-0.39, 0.29) is 16.0 Å². The molecule has 1 fully saturated rings. The Labute approximate surface area is 124 Å². The van der Waals surface area contributed by atoms with E-state index in [9.17, 15) is 12.8 Å². The van der Waals surface area contributed by atoms with Crippen LogP contribution in [0.3, 0.4) is 0 Å². The first-order chi connectivity index (χ1) is 9.46. The molecular formula is C14H19ClFNO2S. The van der Waals surface area contributed by atoms with E-state index in [1.807, 2.05) is 0 Å². The zero-order valence-electron chi connectivity index (χ0n) is 11.4. The molecule has 0 amide bonds. The van der Waals surface area contributed by atoms with Crippen LogP contribution in [0.15, 0.2) is 23.1 Å². The molecule has 3 nitrogen and oxygen atoms in total. The van der Waals surface area contributed by atoms with Gasteiger partial charge in [0.1, 0.15) is 5.82 Å². The number of nitrogens with one attached hydrogen (secondary N) is 1. The summed E-state index contributed by atoms with van der Waals surface area (Å²) >= 11 is 5.71. The van der Waals surface area contributed by atoms with Crippen molar-refractivity contribution in [2.45, 2.75) is 48.3 Å². The summed E-state index contributed by atoms with van der Waals surface area (Å²) in [6, 6.07) is 3.56. The van der Waals surface area contributed by atoms with Crippen molar-refractivity contribution >= 4 is 21.4 Å². The molecule has 1 aromatic carbocycles. The summed E-state index contributed by atoms with van der Waals surface area (Å²) in [5.74, 6) is -0.600. The number of benzene rings is 1. The van der Waals surface area contributed by atoms with Gasteiger partial charge in [-0.1, -0.05) is 30.9 Å². The lowest BCUT2D eigenvalue weighted by molar-refractivity contribution is 0.480. The van der Waals surface area contributed by atoms with Crippen molar-refractivity contribution in [1.82, 2.24) is 5.32 Å². The highest BCUT2D eigenvalue weighted by Crippen LogP contribution is 2.30. The molecule has 0 aromatic heterocycles. The summed E-state index contributed by atoms with van der Waals surface area (Å²) in [5, 5.41) is 2.48. The SMILES string of the molecule is CNC1CCCCCC1S(=O)(=O)c1ccc(F)c(Cl)c1. The van der Waals surface area contributed by atoms with Crippen LogP contribution in [-0.4, -0.2) is 26.8 Å². The van der Waals surface area contributed by atoms with Crippen molar-refractivity contribution in [3.8, 4) is 0 Å². The lowest BCUT2D eigenvalue weighted by atomic mass is 10.1. The molecule has 1 saturated carbocycles. The molecule has 112 valence electrons.